The van der Waals surface area contributed by atoms with Gasteiger partial charge in [-0.3, -0.25) is 9.88 Å². The summed E-state index contributed by atoms with van der Waals surface area (Å²) in [4.78, 5) is 17.1. The summed E-state index contributed by atoms with van der Waals surface area (Å²) in [5.74, 6) is -0.606. The Labute approximate surface area is 106 Å². The van der Waals surface area contributed by atoms with E-state index in [0.717, 1.165) is 19.6 Å². The lowest BCUT2D eigenvalue weighted by atomic mass is 10.1. The summed E-state index contributed by atoms with van der Waals surface area (Å²) in [5.41, 5.74) is 0.121. The van der Waals surface area contributed by atoms with Crippen LogP contribution in [0, 0.1) is 0 Å². The lowest BCUT2D eigenvalue weighted by Crippen LogP contribution is -2.33. The second-order valence-electron chi connectivity index (χ2n) is 4.43. The van der Waals surface area contributed by atoms with Gasteiger partial charge in [-0.2, -0.15) is 0 Å². The molecule has 5 heteroatoms. The maximum Gasteiger partial charge on any atom is 0.341 e. The van der Waals surface area contributed by atoms with Gasteiger partial charge in [0, 0.05) is 18.9 Å². The third-order valence-electron chi connectivity index (χ3n) is 3.13. The van der Waals surface area contributed by atoms with Crippen molar-refractivity contribution in [2.45, 2.75) is 19.3 Å². The van der Waals surface area contributed by atoms with Crippen molar-refractivity contribution in [1.82, 2.24) is 9.88 Å². The first kappa shape index (κ1) is 12.8. The van der Waals surface area contributed by atoms with E-state index in [9.17, 15) is 4.79 Å². The fourth-order valence-electron chi connectivity index (χ4n) is 2.14. The van der Waals surface area contributed by atoms with Crippen molar-refractivity contribution >= 4 is 5.97 Å². The van der Waals surface area contributed by atoms with Gasteiger partial charge < -0.3 is 9.84 Å². The van der Waals surface area contributed by atoms with Crippen molar-refractivity contribution in [2.24, 2.45) is 0 Å². The molecule has 1 aliphatic heterocycles. The number of piperidine rings is 1. The molecule has 2 rings (SSSR count). The Bertz CT molecular complexity index is 403. The van der Waals surface area contributed by atoms with E-state index in [0.29, 0.717) is 12.4 Å². The smallest absolute Gasteiger partial charge is 0.341 e. The Kier molecular flexibility index (Phi) is 4.52. The highest BCUT2D eigenvalue weighted by Gasteiger charge is 2.12. The molecule has 0 unspecified atom stereocenters. The molecule has 0 bridgehead atoms. The number of likely N-dealkylation sites (tertiary alicyclic amines) is 1. The molecule has 1 aromatic rings. The van der Waals surface area contributed by atoms with Crippen molar-refractivity contribution < 1.29 is 14.6 Å². The van der Waals surface area contributed by atoms with Gasteiger partial charge in [-0.15, -0.1) is 0 Å². The molecule has 0 aliphatic carbocycles. The van der Waals surface area contributed by atoms with Gasteiger partial charge >= 0.3 is 5.97 Å². The predicted octanol–water partition coefficient (Wildman–Crippen LogP) is 1.64. The van der Waals surface area contributed by atoms with E-state index in [1.165, 1.54) is 25.5 Å². The van der Waals surface area contributed by atoms with Gasteiger partial charge in [-0.1, -0.05) is 6.42 Å². The molecule has 1 N–H and O–H groups in total. The normalized spacial score (nSPS) is 16.4. The topological polar surface area (TPSA) is 62.7 Å². The van der Waals surface area contributed by atoms with Crippen LogP contribution in [-0.2, 0) is 0 Å². The van der Waals surface area contributed by atoms with Crippen LogP contribution in [0.3, 0.4) is 0 Å². The molecule has 98 valence electrons. The number of hydrogen-bond donors (Lipinski definition) is 1. The molecule has 1 aromatic heterocycles. The van der Waals surface area contributed by atoms with Gasteiger partial charge in [0.1, 0.15) is 17.9 Å². The largest absolute Gasteiger partial charge is 0.491 e. The first-order valence-electron chi connectivity index (χ1n) is 6.30. The maximum atomic E-state index is 11.0. The van der Waals surface area contributed by atoms with Crippen LogP contribution in [0.2, 0.25) is 0 Å². The molecule has 0 aromatic carbocycles. The first-order valence-corrected chi connectivity index (χ1v) is 6.30. The fourth-order valence-corrected chi connectivity index (χ4v) is 2.14. The Morgan fingerprint density at radius 3 is 2.89 bits per heavy atom. The number of carboxylic acids is 1. The monoisotopic (exact) mass is 250 g/mol. The van der Waals surface area contributed by atoms with Crippen LogP contribution >= 0.6 is 0 Å². The number of rotatable bonds is 5. The molecule has 2 heterocycles. The summed E-state index contributed by atoms with van der Waals surface area (Å²) in [6.45, 7) is 3.60. The van der Waals surface area contributed by atoms with Gasteiger partial charge in [0.15, 0.2) is 0 Å². The molecule has 5 nitrogen and oxygen atoms in total. The minimum Gasteiger partial charge on any atom is -0.491 e. The summed E-state index contributed by atoms with van der Waals surface area (Å²) < 4.78 is 5.54. The number of carboxylic acid groups (broad SMARTS) is 1. The molecule has 1 aliphatic rings. The van der Waals surface area contributed by atoms with Crippen molar-refractivity contribution in [3.05, 3.63) is 24.0 Å². The minimum atomic E-state index is -1.00. The molecule has 1 saturated heterocycles. The molecule has 0 amide bonds. The number of hydrogen-bond acceptors (Lipinski definition) is 4. The lowest BCUT2D eigenvalue weighted by molar-refractivity contribution is 0.0691. The maximum absolute atomic E-state index is 11.0. The predicted molar refractivity (Wildman–Crippen MR) is 67.0 cm³/mol. The quantitative estimate of drug-likeness (QED) is 0.860. The molecule has 0 atom stereocenters. The number of aromatic nitrogens is 1. The lowest BCUT2D eigenvalue weighted by Gasteiger charge is -2.26. The van der Waals surface area contributed by atoms with Crippen molar-refractivity contribution in [1.29, 1.82) is 0 Å². The Balaban J connectivity index is 1.84. The summed E-state index contributed by atoms with van der Waals surface area (Å²) in [6.07, 6.45) is 6.66. The summed E-state index contributed by atoms with van der Waals surface area (Å²) in [7, 11) is 0. The van der Waals surface area contributed by atoms with Gasteiger partial charge in [0.2, 0.25) is 0 Å². The van der Waals surface area contributed by atoms with E-state index in [1.807, 2.05) is 0 Å². The van der Waals surface area contributed by atoms with E-state index in [4.69, 9.17) is 9.84 Å². The highest BCUT2D eigenvalue weighted by molar-refractivity contribution is 5.90. The average Bonchev–Trinajstić information content (AvgIpc) is 2.40. The van der Waals surface area contributed by atoms with Gasteiger partial charge in [0.25, 0.3) is 0 Å². The molecule has 0 saturated carbocycles. The summed E-state index contributed by atoms with van der Waals surface area (Å²) in [6, 6.07) is 1.60. The number of ether oxygens (including phenoxy) is 1. The van der Waals surface area contributed by atoms with Crippen molar-refractivity contribution in [3.8, 4) is 5.75 Å². The van der Waals surface area contributed by atoms with Gasteiger partial charge in [-0.05, 0) is 32.0 Å². The number of pyridine rings is 1. The summed E-state index contributed by atoms with van der Waals surface area (Å²) in [5, 5.41) is 8.98. The summed E-state index contributed by atoms with van der Waals surface area (Å²) >= 11 is 0. The third-order valence-corrected chi connectivity index (χ3v) is 3.13. The van der Waals surface area contributed by atoms with Crippen LogP contribution in [0.5, 0.6) is 5.75 Å². The standard InChI is InChI=1S/C13H18N2O3/c16-13(17)11-10-14-5-4-12(11)18-9-8-15-6-2-1-3-7-15/h4-5,10H,1-3,6-9H2,(H,16,17). The highest BCUT2D eigenvalue weighted by atomic mass is 16.5. The van der Waals surface area contributed by atoms with E-state index in [-0.39, 0.29) is 5.56 Å². The van der Waals surface area contributed by atoms with Crippen LogP contribution in [0.15, 0.2) is 18.5 Å². The number of carbonyl (C=O) groups is 1. The van der Waals surface area contributed by atoms with E-state index < -0.39 is 5.97 Å². The molecule has 0 spiro atoms. The zero-order valence-corrected chi connectivity index (χ0v) is 10.3. The van der Waals surface area contributed by atoms with Gasteiger partial charge in [0.05, 0.1) is 0 Å². The van der Waals surface area contributed by atoms with E-state index in [1.54, 1.807) is 12.3 Å². The first-order chi connectivity index (χ1) is 8.77. The second kappa shape index (κ2) is 6.35. The zero-order valence-electron chi connectivity index (χ0n) is 10.3. The van der Waals surface area contributed by atoms with Crippen LogP contribution in [0.25, 0.3) is 0 Å². The molecular weight excluding hydrogens is 232 g/mol. The van der Waals surface area contributed by atoms with Crippen LogP contribution in [0.1, 0.15) is 29.6 Å². The SMILES string of the molecule is O=C(O)c1cnccc1OCCN1CCCCC1. The average molecular weight is 250 g/mol. The van der Waals surface area contributed by atoms with E-state index >= 15 is 0 Å². The van der Waals surface area contributed by atoms with Crippen LogP contribution < -0.4 is 4.74 Å². The van der Waals surface area contributed by atoms with Crippen LogP contribution in [-0.4, -0.2) is 47.2 Å². The van der Waals surface area contributed by atoms with Gasteiger partial charge in [-0.25, -0.2) is 4.79 Å². The zero-order chi connectivity index (χ0) is 12.8. The Morgan fingerprint density at radius 2 is 2.17 bits per heavy atom. The fraction of sp³-hybridized carbons (Fsp3) is 0.538. The van der Waals surface area contributed by atoms with Crippen molar-refractivity contribution in [3.63, 3.8) is 0 Å². The van der Waals surface area contributed by atoms with E-state index in [2.05, 4.69) is 9.88 Å². The van der Waals surface area contributed by atoms with Crippen LogP contribution in [0.4, 0.5) is 0 Å². The molecule has 18 heavy (non-hydrogen) atoms. The Hall–Kier alpha value is -1.62. The second-order valence-corrected chi connectivity index (χ2v) is 4.43. The molecular formula is C13H18N2O3. The number of aromatic carboxylic acids is 1. The number of nitrogens with zero attached hydrogens (tertiary/aromatic N) is 2. The van der Waals surface area contributed by atoms with Crippen molar-refractivity contribution in [2.75, 3.05) is 26.2 Å². The molecule has 1 fully saturated rings. The highest BCUT2D eigenvalue weighted by Crippen LogP contribution is 2.16. The third kappa shape index (κ3) is 3.43. The Morgan fingerprint density at radius 1 is 1.39 bits per heavy atom. The molecule has 0 radical (unpaired) electrons. The minimum absolute atomic E-state index is 0.121.